The van der Waals surface area contributed by atoms with Crippen LogP contribution in [0.2, 0.25) is 0 Å². The van der Waals surface area contributed by atoms with Crippen molar-refractivity contribution in [3.63, 3.8) is 0 Å². The molecule has 1 saturated carbocycles. The number of nitrogens with zero attached hydrogens (tertiary/aromatic N) is 2. The average molecular weight is 472 g/mol. The maximum Gasteiger partial charge on any atom is 0.278 e. The Kier molecular flexibility index (Phi) is 5.91. The molecule has 4 rings (SSSR count). The molecule has 1 aliphatic rings. The topological polar surface area (TPSA) is 119 Å². The van der Waals surface area contributed by atoms with Crippen molar-refractivity contribution in [2.75, 3.05) is 4.72 Å². The van der Waals surface area contributed by atoms with E-state index in [-0.39, 0.29) is 33.0 Å². The molecule has 1 heterocycles. The van der Waals surface area contributed by atoms with Crippen LogP contribution in [0.15, 0.2) is 69.1 Å². The summed E-state index contributed by atoms with van der Waals surface area (Å²) in [4.78, 5) is 24.9. The number of carbonyl (C=O) groups is 2. The summed E-state index contributed by atoms with van der Waals surface area (Å²) in [6.07, 6.45) is 0.662. The van der Waals surface area contributed by atoms with Crippen LogP contribution in [0.4, 0.5) is 5.69 Å². The zero-order valence-electron chi connectivity index (χ0n) is 17.4. The van der Waals surface area contributed by atoms with Gasteiger partial charge in [0.1, 0.15) is 5.25 Å². The van der Waals surface area contributed by atoms with Crippen molar-refractivity contribution in [1.29, 1.82) is 0 Å². The maximum atomic E-state index is 12.4. The van der Waals surface area contributed by atoms with E-state index in [1.807, 2.05) is 13.8 Å². The van der Waals surface area contributed by atoms with E-state index in [1.54, 1.807) is 42.5 Å². The lowest BCUT2D eigenvalue weighted by atomic mass is 9.76. The van der Waals surface area contributed by atoms with Crippen molar-refractivity contribution in [1.82, 2.24) is 10.2 Å². The van der Waals surface area contributed by atoms with Crippen LogP contribution in [0.5, 0.6) is 0 Å². The van der Waals surface area contributed by atoms with Crippen LogP contribution >= 0.6 is 11.8 Å². The maximum absolute atomic E-state index is 12.4. The second kappa shape index (κ2) is 8.51. The lowest BCUT2D eigenvalue weighted by Crippen LogP contribution is -2.39. The van der Waals surface area contributed by atoms with Crippen LogP contribution in [0.1, 0.15) is 26.7 Å². The third-order valence-electron chi connectivity index (χ3n) is 4.95. The van der Waals surface area contributed by atoms with Gasteiger partial charge in [-0.25, -0.2) is 8.42 Å². The van der Waals surface area contributed by atoms with Crippen molar-refractivity contribution in [3.8, 4) is 11.5 Å². The summed E-state index contributed by atoms with van der Waals surface area (Å²) in [5, 5.41) is 7.24. The number of thioether (sulfide) groups is 1. The summed E-state index contributed by atoms with van der Waals surface area (Å²) in [6.45, 7) is 3.80. The van der Waals surface area contributed by atoms with Gasteiger partial charge in [0.05, 0.1) is 4.90 Å². The van der Waals surface area contributed by atoms with Gasteiger partial charge in [-0.15, -0.1) is 10.2 Å². The van der Waals surface area contributed by atoms with E-state index >= 15 is 0 Å². The van der Waals surface area contributed by atoms with Gasteiger partial charge >= 0.3 is 0 Å². The molecule has 1 N–H and O–H groups in total. The third-order valence-corrected chi connectivity index (χ3v) is 7.48. The molecular weight excluding hydrogens is 450 g/mol. The van der Waals surface area contributed by atoms with Gasteiger partial charge in [0.25, 0.3) is 15.2 Å². The highest BCUT2D eigenvalue weighted by Crippen LogP contribution is 2.38. The first kappa shape index (κ1) is 22.2. The first-order valence-corrected chi connectivity index (χ1v) is 12.2. The van der Waals surface area contributed by atoms with Gasteiger partial charge in [0, 0.05) is 24.1 Å². The quantitative estimate of drug-likeness (QED) is 0.537. The smallest absolute Gasteiger partial charge is 0.278 e. The van der Waals surface area contributed by atoms with E-state index < -0.39 is 15.3 Å². The number of hydrogen-bond donors (Lipinski definition) is 1. The van der Waals surface area contributed by atoms with Gasteiger partial charge in [-0.05, 0) is 53.6 Å². The monoisotopic (exact) mass is 471 g/mol. The molecule has 2 aromatic carbocycles. The van der Waals surface area contributed by atoms with Crippen LogP contribution in [-0.4, -0.2) is 35.4 Å². The lowest BCUT2D eigenvalue weighted by molar-refractivity contribution is -0.132. The summed E-state index contributed by atoms with van der Waals surface area (Å²) in [5.74, 6) is -0.0573. The second-order valence-electron chi connectivity index (χ2n) is 8.32. The predicted molar refractivity (Wildman–Crippen MR) is 120 cm³/mol. The Morgan fingerprint density at radius 1 is 0.969 bits per heavy atom. The van der Waals surface area contributed by atoms with E-state index in [1.165, 1.54) is 12.1 Å². The molecule has 166 valence electrons. The molecule has 8 nitrogen and oxygen atoms in total. The minimum atomic E-state index is -3.69. The molecule has 0 radical (unpaired) electrons. The van der Waals surface area contributed by atoms with Crippen LogP contribution in [0, 0.1) is 5.41 Å². The molecule has 0 aliphatic heterocycles. The van der Waals surface area contributed by atoms with Crippen molar-refractivity contribution in [3.05, 3.63) is 54.6 Å². The molecule has 1 fully saturated rings. The molecule has 10 heteroatoms. The summed E-state index contributed by atoms with van der Waals surface area (Å²) in [6, 6.07) is 14.5. The van der Waals surface area contributed by atoms with Gasteiger partial charge in [0.15, 0.2) is 11.6 Å². The van der Waals surface area contributed by atoms with Crippen molar-refractivity contribution in [2.45, 2.75) is 42.1 Å². The Morgan fingerprint density at radius 2 is 1.59 bits per heavy atom. The van der Waals surface area contributed by atoms with Crippen LogP contribution < -0.4 is 4.72 Å². The number of hydrogen-bond acceptors (Lipinski definition) is 8. The van der Waals surface area contributed by atoms with Gasteiger partial charge in [-0.2, -0.15) is 0 Å². The number of anilines is 1. The fraction of sp³-hybridized carbons (Fsp3) is 0.273. The first-order valence-electron chi connectivity index (χ1n) is 9.87. The highest BCUT2D eigenvalue weighted by Gasteiger charge is 2.41. The van der Waals surface area contributed by atoms with Gasteiger partial charge in [-0.1, -0.05) is 32.0 Å². The van der Waals surface area contributed by atoms with E-state index in [9.17, 15) is 18.0 Å². The highest BCUT2D eigenvalue weighted by atomic mass is 32.2. The molecule has 32 heavy (non-hydrogen) atoms. The molecule has 0 bridgehead atoms. The zero-order chi connectivity index (χ0) is 22.9. The summed E-state index contributed by atoms with van der Waals surface area (Å²) in [7, 11) is -3.69. The molecule has 1 aromatic heterocycles. The average Bonchev–Trinajstić information content (AvgIpc) is 3.20. The standard InChI is InChI=1S/C22H21N3O5S2/c1-22(2)12-17(26)19(18(27)13-22)31-21-24-23-20(30-21)14-8-10-15(11-9-14)25-32(28,29)16-6-4-3-5-7-16/h3-11,19,25H,12-13H2,1-2H3. The molecule has 0 unspecified atom stereocenters. The molecule has 1 aliphatic carbocycles. The first-order chi connectivity index (χ1) is 15.1. The van der Waals surface area contributed by atoms with Crippen LogP contribution in [0.3, 0.4) is 0 Å². The fourth-order valence-electron chi connectivity index (χ4n) is 3.47. The van der Waals surface area contributed by atoms with Crippen LogP contribution in [0.25, 0.3) is 11.5 Å². The molecule has 0 amide bonds. The van der Waals surface area contributed by atoms with Gasteiger partial charge in [0.2, 0.25) is 5.89 Å². The predicted octanol–water partition coefficient (Wildman–Crippen LogP) is 3.96. The Bertz CT molecular complexity index is 1230. The number of aromatic nitrogens is 2. The van der Waals surface area contributed by atoms with Crippen molar-refractivity contribution in [2.24, 2.45) is 5.41 Å². The number of sulfonamides is 1. The fourth-order valence-corrected chi connectivity index (χ4v) is 5.40. The third kappa shape index (κ3) is 4.91. The highest BCUT2D eigenvalue weighted by molar-refractivity contribution is 8.01. The molecular formula is C22H21N3O5S2. The largest absolute Gasteiger partial charge is 0.411 e. The number of rotatable bonds is 6. The van der Waals surface area contributed by atoms with E-state index in [4.69, 9.17) is 4.42 Å². The number of nitrogens with one attached hydrogen (secondary N) is 1. The van der Waals surface area contributed by atoms with E-state index in [0.29, 0.717) is 24.1 Å². The zero-order valence-corrected chi connectivity index (χ0v) is 19.1. The molecule has 3 aromatic rings. The summed E-state index contributed by atoms with van der Waals surface area (Å²) < 4.78 is 33.0. The number of benzene rings is 2. The number of ketones is 2. The Balaban J connectivity index is 1.45. The van der Waals surface area contributed by atoms with Crippen LogP contribution in [-0.2, 0) is 19.6 Å². The molecule has 0 atom stereocenters. The van der Waals surface area contributed by atoms with Crippen molar-refractivity contribution >= 4 is 39.0 Å². The lowest BCUT2D eigenvalue weighted by Gasteiger charge is -2.30. The van der Waals surface area contributed by atoms with E-state index in [2.05, 4.69) is 14.9 Å². The minimum Gasteiger partial charge on any atom is -0.411 e. The normalized spacial score (nSPS) is 16.8. The summed E-state index contributed by atoms with van der Waals surface area (Å²) in [5.41, 5.74) is 0.636. The summed E-state index contributed by atoms with van der Waals surface area (Å²) >= 11 is 0.975. The molecule has 0 spiro atoms. The molecule has 0 saturated heterocycles. The second-order valence-corrected chi connectivity index (χ2v) is 11.1. The number of Topliss-reactive ketones (excluding diaryl/α,β-unsaturated/α-hetero) is 2. The SMILES string of the molecule is CC1(C)CC(=O)C(Sc2nnc(-c3ccc(NS(=O)(=O)c4ccccc4)cc3)o2)C(=O)C1. The van der Waals surface area contributed by atoms with Gasteiger partial charge in [-0.3, -0.25) is 14.3 Å². The van der Waals surface area contributed by atoms with Crippen molar-refractivity contribution < 1.29 is 22.4 Å². The number of carbonyl (C=O) groups excluding carboxylic acids is 2. The Labute approximate surface area is 189 Å². The van der Waals surface area contributed by atoms with E-state index in [0.717, 1.165) is 11.8 Å². The van der Waals surface area contributed by atoms with Gasteiger partial charge < -0.3 is 4.42 Å². The Morgan fingerprint density at radius 3 is 2.22 bits per heavy atom. The Hall–Kier alpha value is -2.98. The minimum absolute atomic E-state index is 0.133.